The van der Waals surface area contributed by atoms with E-state index in [9.17, 15) is 13.2 Å². The molecule has 0 atom stereocenters. The zero-order chi connectivity index (χ0) is 17.7. The fraction of sp³-hybridized carbons (Fsp3) is 0.467. The Morgan fingerprint density at radius 2 is 1.80 bits per heavy atom. The van der Waals surface area contributed by atoms with Crippen LogP contribution in [0, 0.1) is 0 Å². The maximum absolute atomic E-state index is 12.6. The van der Waals surface area contributed by atoms with Gasteiger partial charge in [-0.2, -0.15) is 18.2 Å². The van der Waals surface area contributed by atoms with Crippen LogP contribution in [0.15, 0.2) is 28.2 Å². The van der Waals surface area contributed by atoms with Crippen LogP contribution in [0.2, 0.25) is 5.02 Å². The van der Waals surface area contributed by atoms with Gasteiger partial charge < -0.3 is 16.4 Å². The Kier molecular flexibility index (Phi) is 7.82. The average molecular weight is 398 g/mol. The standard InChI is InChI=1S/C15H19ClF3N5.ClH/c16-12-8-10(4-5-11(12)15(17,18)19)9-22-13(20)23-14(21)24-6-2-1-3-7-24;/h4-5,8H,1-3,6-7,9H2,(H4,20,21,22,23);1H. The summed E-state index contributed by atoms with van der Waals surface area (Å²) in [5.74, 6) is 0.287. The summed E-state index contributed by atoms with van der Waals surface area (Å²) >= 11 is 5.66. The molecule has 1 fully saturated rings. The molecule has 1 aromatic carbocycles. The molecule has 0 aromatic heterocycles. The minimum absolute atomic E-state index is 0. The summed E-state index contributed by atoms with van der Waals surface area (Å²) in [4.78, 5) is 9.98. The molecule has 0 spiro atoms. The number of likely N-dealkylation sites (tertiary alicyclic amines) is 1. The van der Waals surface area contributed by atoms with Crippen molar-refractivity contribution in [3.63, 3.8) is 0 Å². The van der Waals surface area contributed by atoms with Gasteiger partial charge in [-0.25, -0.2) is 4.99 Å². The van der Waals surface area contributed by atoms with E-state index in [1.807, 2.05) is 4.90 Å². The number of nitrogens with two attached hydrogens (primary N) is 2. The molecule has 0 saturated carbocycles. The quantitative estimate of drug-likeness (QED) is 0.592. The second-order valence-electron chi connectivity index (χ2n) is 5.50. The lowest BCUT2D eigenvalue weighted by Crippen LogP contribution is -2.41. The number of benzene rings is 1. The Labute approximate surface area is 155 Å². The van der Waals surface area contributed by atoms with Gasteiger partial charge in [0.1, 0.15) is 0 Å². The molecule has 1 aromatic rings. The highest BCUT2D eigenvalue weighted by atomic mass is 35.5. The number of guanidine groups is 2. The molecule has 4 N–H and O–H groups in total. The number of alkyl halides is 3. The largest absolute Gasteiger partial charge is 0.417 e. The SMILES string of the molecule is Cl.NC(=NCc1ccc(C(F)(F)F)c(Cl)c1)N=C(N)N1CCCCC1. The minimum atomic E-state index is -4.48. The normalized spacial score (nSPS) is 16.6. The molecule has 0 amide bonds. The first kappa shape index (κ1) is 21.4. The molecule has 0 radical (unpaired) electrons. The van der Waals surface area contributed by atoms with E-state index in [2.05, 4.69) is 9.98 Å². The van der Waals surface area contributed by atoms with Crippen LogP contribution in [0.25, 0.3) is 0 Å². The molecule has 0 unspecified atom stereocenters. The van der Waals surface area contributed by atoms with Gasteiger partial charge in [-0.1, -0.05) is 17.7 Å². The molecule has 0 aliphatic carbocycles. The Balaban J connectivity index is 0.00000312. The highest BCUT2D eigenvalue weighted by Gasteiger charge is 2.32. The van der Waals surface area contributed by atoms with Crippen LogP contribution in [0.3, 0.4) is 0 Å². The van der Waals surface area contributed by atoms with Crippen LogP contribution < -0.4 is 11.5 Å². The molecular weight excluding hydrogens is 378 g/mol. The molecule has 0 bridgehead atoms. The molecule has 5 nitrogen and oxygen atoms in total. The topological polar surface area (TPSA) is 80.0 Å². The van der Waals surface area contributed by atoms with E-state index in [0.717, 1.165) is 32.0 Å². The molecule has 1 aliphatic rings. The predicted octanol–water partition coefficient (Wildman–Crippen LogP) is 3.40. The van der Waals surface area contributed by atoms with Gasteiger partial charge in [0.25, 0.3) is 0 Å². The third kappa shape index (κ3) is 6.28. The van der Waals surface area contributed by atoms with Crippen molar-refractivity contribution in [2.75, 3.05) is 13.1 Å². The van der Waals surface area contributed by atoms with Crippen molar-refractivity contribution >= 4 is 35.9 Å². The summed E-state index contributed by atoms with van der Waals surface area (Å²) in [6.45, 7) is 1.73. The third-order valence-corrected chi connectivity index (χ3v) is 3.98. The van der Waals surface area contributed by atoms with E-state index in [-0.39, 0.29) is 29.9 Å². The number of nitrogens with zero attached hydrogens (tertiary/aromatic N) is 3. The molecule has 25 heavy (non-hydrogen) atoms. The van der Waals surface area contributed by atoms with Gasteiger partial charge in [0, 0.05) is 13.1 Å². The highest BCUT2D eigenvalue weighted by Crippen LogP contribution is 2.34. The number of hydrogen-bond acceptors (Lipinski definition) is 1. The monoisotopic (exact) mass is 397 g/mol. The second-order valence-corrected chi connectivity index (χ2v) is 5.91. The Bertz CT molecular complexity index is 641. The number of hydrogen-bond donors (Lipinski definition) is 2. The molecule has 1 aliphatic heterocycles. The number of rotatable bonds is 2. The van der Waals surface area contributed by atoms with Crippen LogP contribution in [0.1, 0.15) is 30.4 Å². The summed E-state index contributed by atoms with van der Waals surface area (Å²) in [7, 11) is 0. The first-order valence-corrected chi connectivity index (χ1v) is 7.90. The van der Waals surface area contributed by atoms with Crippen LogP contribution in [-0.2, 0) is 12.7 Å². The van der Waals surface area contributed by atoms with Gasteiger partial charge in [0.2, 0.25) is 5.96 Å². The summed E-state index contributed by atoms with van der Waals surface area (Å²) in [6.07, 6.45) is -1.21. The lowest BCUT2D eigenvalue weighted by Gasteiger charge is -2.27. The van der Waals surface area contributed by atoms with E-state index in [1.54, 1.807) is 0 Å². The maximum atomic E-state index is 12.6. The van der Waals surface area contributed by atoms with Crippen molar-refractivity contribution < 1.29 is 13.2 Å². The Morgan fingerprint density at radius 3 is 2.36 bits per heavy atom. The van der Waals surface area contributed by atoms with Gasteiger partial charge in [-0.3, -0.25) is 0 Å². The van der Waals surface area contributed by atoms with Gasteiger partial charge in [0.05, 0.1) is 17.1 Å². The smallest absolute Gasteiger partial charge is 0.369 e. The number of piperidine rings is 1. The van der Waals surface area contributed by atoms with Crippen LogP contribution in [-0.4, -0.2) is 29.9 Å². The summed E-state index contributed by atoms with van der Waals surface area (Å²) in [5, 5.41) is -0.370. The van der Waals surface area contributed by atoms with Gasteiger partial charge >= 0.3 is 6.18 Å². The van der Waals surface area contributed by atoms with Gasteiger partial charge in [0.15, 0.2) is 5.96 Å². The van der Waals surface area contributed by atoms with Crippen molar-refractivity contribution in [2.24, 2.45) is 21.5 Å². The lowest BCUT2D eigenvalue weighted by molar-refractivity contribution is -0.137. The van der Waals surface area contributed by atoms with Crippen molar-refractivity contribution in [1.29, 1.82) is 0 Å². The first-order chi connectivity index (χ1) is 11.3. The average Bonchev–Trinajstić information content (AvgIpc) is 2.52. The fourth-order valence-electron chi connectivity index (χ4n) is 2.41. The molecule has 140 valence electrons. The first-order valence-electron chi connectivity index (χ1n) is 7.52. The van der Waals surface area contributed by atoms with Crippen LogP contribution >= 0.6 is 24.0 Å². The van der Waals surface area contributed by atoms with E-state index in [0.29, 0.717) is 11.5 Å². The molecule has 1 heterocycles. The van der Waals surface area contributed by atoms with Crippen molar-refractivity contribution in [2.45, 2.75) is 32.0 Å². The van der Waals surface area contributed by atoms with Gasteiger partial charge in [-0.05, 0) is 37.0 Å². The predicted molar refractivity (Wildman–Crippen MR) is 96.1 cm³/mol. The summed E-state index contributed by atoms with van der Waals surface area (Å²) < 4.78 is 37.9. The van der Waals surface area contributed by atoms with Crippen LogP contribution in [0.4, 0.5) is 13.2 Å². The van der Waals surface area contributed by atoms with E-state index in [4.69, 9.17) is 23.1 Å². The summed E-state index contributed by atoms with van der Waals surface area (Å²) in [5.41, 5.74) is 11.2. The second kappa shape index (κ2) is 9.15. The number of halogens is 5. The van der Waals surface area contributed by atoms with Crippen LogP contribution in [0.5, 0.6) is 0 Å². The Hall–Kier alpha value is -1.67. The zero-order valence-electron chi connectivity index (χ0n) is 13.4. The van der Waals surface area contributed by atoms with E-state index >= 15 is 0 Å². The van der Waals surface area contributed by atoms with Gasteiger partial charge in [-0.15, -0.1) is 12.4 Å². The van der Waals surface area contributed by atoms with E-state index in [1.165, 1.54) is 18.6 Å². The third-order valence-electron chi connectivity index (χ3n) is 3.67. The molecule has 1 saturated heterocycles. The van der Waals surface area contributed by atoms with Crippen molar-refractivity contribution in [1.82, 2.24) is 4.90 Å². The lowest BCUT2D eigenvalue weighted by atomic mass is 10.1. The summed E-state index contributed by atoms with van der Waals surface area (Å²) in [6, 6.07) is 3.46. The van der Waals surface area contributed by atoms with Crippen molar-refractivity contribution in [3.05, 3.63) is 34.3 Å². The van der Waals surface area contributed by atoms with Crippen molar-refractivity contribution in [3.8, 4) is 0 Å². The highest BCUT2D eigenvalue weighted by molar-refractivity contribution is 6.31. The zero-order valence-corrected chi connectivity index (χ0v) is 15.0. The molecule has 10 heteroatoms. The Morgan fingerprint density at radius 1 is 1.16 bits per heavy atom. The van der Waals surface area contributed by atoms with E-state index < -0.39 is 11.7 Å². The minimum Gasteiger partial charge on any atom is -0.369 e. The number of aliphatic imine (C=N–C) groups is 2. The fourth-order valence-corrected chi connectivity index (χ4v) is 2.72. The molecule has 2 rings (SSSR count). The molecular formula is C15H20Cl2F3N5. The maximum Gasteiger partial charge on any atom is 0.417 e.